The second-order valence-electron chi connectivity index (χ2n) is 10.4. The summed E-state index contributed by atoms with van der Waals surface area (Å²) in [5.74, 6) is 0.441. The van der Waals surface area contributed by atoms with Crippen LogP contribution in [0.3, 0.4) is 0 Å². The summed E-state index contributed by atoms with van der Waals surface area (Å²) in [5.41, 5.74) is 5.14. The Balaban J connectivity index is 2.40. The molecule has 0 atom stereocenters. The van der Waals surface area contributed by atoms with E-state index in [9.17, 15) is 5.11 Å². The largest absolute Gasteiger partial charge is 0.508 e. The Hall–Kier alpha value is -1.06. The van der Waals surface area contributed by atoms with Crippen molar-refractivity contribution in [1.29, 1.82) is 0 Å². The van der Waals surface area contributed by atoms with Gasteiger partial charge in [-0.3, -0.25) is 0 Å². The van der Waals surface area contributed by atoms with E-state index in [0.717, 1.165) is 12.0 Å². The van der Waals surface area contributed by atoms with Crippen molar-refractivity contribution in [2.24, 2.45) is 0 Å². The molecule has 2 rings (SSSR count). The fourth-order valence-corrected chi connectivity index (χ4v) is 7.65. The van der Waals surface area contributed by atoms with E-state index in [0.29, 0.717) is 5.75 Å². The lowest BCUT2D eigenvalue weighted by Gasteiger charge is -2.29. The first-order valence-electron chi connectivity index (χ1n) is 9.64. The third-order valence-corrected chi connectivity index (χ3v) is 11.1. The van der Waals surface area contributed by atoms with Crippen molar-refractivity contribution in [1.82, 2.24) is 0 Å². The molecule has 3 heteroatoms. The highest BCUT2D eigenvalue weighted by Crippen LogP contribution is 2.38. The van der Waals surface area contributed by atoms with Crippen LogP contribution in [0.15, 0.2) is 23.6 Å². The van der Waals surface area contributed by atoms with Crippen molar-refractivity contribution in [3.05, 3.63) is 45.8 Å². The Bertz CT molecular complexity index is 772. The maximum absolute atomic E-state index is 10.6. The molecule has 1 aromatic carbocycles. The molecule has 144 valence electrons. The number of rotatable bonds is 4. The Morgan fingerprint density at radius 1 is 0.923 bits per heavy atom. The molecular formula is C23H36OSSi. The fraction of sp³-hybridized carbons (Fsp3) is 0.565. The summed E-state index contributed by atoms with van der Waals surface area (Å²) in [4.78, 5) is 0. The summed E-state index contributed by atoms with van der Waals surface area (Å²) in [7, 11) is -1.44. The Kier molecular flexibility index (Phi) is 5.85. The van der Waals surface area contributed by atoms with Gasteiger partial charge in [0.15, 0.2) is 0 Å². The van der Waals surface area contributed by atoms with Crippen LogP contribution in [0.25, 0.3) is 0 Å². The van der Waals surface area contributed by atoms with E-state index in [1.54, 1.807) is 4.50 Å². The number of aryl methyl sites for hydroxylation is 2. The number of hydrogen-bond acceptors (Lipinski definition) is 2. The van der Waals surface area contributed by atoms with Gasteiger partial charge < -0.3 is 5.11 Å². The van der Waals surface area contributed by atoms with Crippen molar-refractivity contribution in [3.63, 3.8) is 0 Å². The maximum atomic E-state index is 10.6. The zero-order valence-corrected chi connectivity index (χ0v) is 19.9. The van der Waals surface area contributed by atoms with Crippen LogP contribution in [0.2, 0.25) is 19.1 Å². The van der Waals surface area contributed by atoms with Crippen LogP contribution in [0.5, 0.6) is 5.75 Å². The third kappa shape index (κ3) is 4.80. The lowest BCUT2D eigenvalue weighted by molar-refractivity contribution is 0.442. The molecule has 0 spiro atoms. The molecule has 1 heterocycles. The lowest BCUT2D eigenvalue weighted by Crippen LogP contribution is -2.39. The molecular weight excluding hydrogens is 352 g/mol. The van der Waals surface area contributed by atoms with Gasteiger partial charge in [-0.25, -0.2) is 0 Å². The highest BCUT2D eigenvalue weighted by molar-refractivity contribution is 7.25. The van der Waals surface area contributed by atoms with Gasteiger partial charge in [-0.05, 0) is 74.5 Å². The molecule has 0 fully saturated rings. The lowest BCUT2D eigenvalue weighted by atomic mass is 9.78. The van der Waals surface area contributed by atoms with E-state index in [1.807, 2.05) is 17.4 Å². The minimum atomic E-state index is -1.44. The summed E-state index contributed by atoms with van der Waals surface area (Å²) in [6.45, 7) is 20.4. The molecule has 1 aromatic heterocycles. The third-order valence-electron chi connectivity index (χ3n) is 5.25. The van der Waals surface area contributed by atoms with Gasteiger partial charge in [0.2, 0.25) is 0 Å². The molecule has 0 saturated carbocycles. The number of thiophene rings is 1. The average molecular weight is 389 g/mol. The molecule has 0 radical (unpaired) electrons. The van der Waals surface area contributed by atoms with Crippen LogP contribution in [0, 0.1) is 6.92 Å². The second kappa shape index (κ2) is 7.16. The summed E-state index contributed by atoms with van der Waals surface area (Å²) < 4.78 is 1.60. The van der Waals surface area contributed by atoms with Gasteiger partial charge in [-0.1, -0.05) is 60.7 Å². The highest BCUT2D eigenvalue weighted by Gasteiger charge is 2.28. The highest BCUT2D eigenvalue weighted by atomic mass is 32.1. The Morgan fingerprint density at radius 2 is 1.50 bits per heavy atom. The van der Waals surface area contributed by atoms with E-state index in [1.165, 1.54) is 22.7 Å². The van der Waals surface area contributed by atoms with Gasteiger partial charge in [0, 0.05) is 0 Å². The molecule has 1 N–H and O–H groups in total. The molecule has 0 saturated heterocycles. The number of aromatic hydroxyl groups is 1. The van der Waals surface area contributed by atoms with Crippen LogP contribution < -0.4 is 4.50 Å². The van der Waals surface area contributed by atoms with E-state index in [-0.39, 0.29) is 10.8 Å². The molecule has 26 heavy (non-hydrogen) atoms. The summed E-state index contributed by atoms with van der Waals surface area (Å²) >= 11 is 1.93. The van der Waals surface area contributed by atoms with Crippen LogP contribution in [0.4, 0.5) is 0 Å². The minimum Gasteiger partial charge on any atom is -0.508 e. The molecule has 0 aliphatic heterocycles. The van der Waals surface area contributed by atoms with E-state index < -0.39 is 8.07 Å². The zero-order chi connectivity index (χ0) is 19.9. The fourth-order valence-electron chi connectivity index (χ4n) is 3.50. The summed E-state index contributed by atoms with van der Waals surface area (Å²) in [6.07, 6.45) is 1.09. The standard InChI is InChI=1S/C23H36OSSi/c1-16-12-21(25-15-16)26(8,9)11-10-17-13-19(23(5,6)7)20(24)14-18(17)22(2,3)4/h12-15,24H,10-11H2,1-9H3. The Morgan fingerprint density at radius 3 is 1.96 bits per heavy atom. The Labute approximate surface area is 165 Å². The minimum absolute atomic E-state index is 0.0362. The quantitative estimate of drug-likeness (QED) is 0.591. The van der Waals surface area contributed by atoms with Crippen molar-refractivity contribution in [2.45, 2.75) is 84.9 Å². The predicted octanol–water partition coefficient (Wildman–Crippen LogP) is 6.52. The van der Waals surface area contributed by atoms with E-state index in [4.69, 9.17) is 0 Å². The van der Waals surface area contributed by atoms with E-state index in [2.05, 4.69) is 79.1 Å². The maximum Gasteiger partial charge on any atom is 0.119 e. The summed E-state index contributed by atoms with van der Waals surface area (Å²) in [6, 6.07) is 7.93. The van der Waals surface area contributed by atoms with Gasteiger partial charge >= 0.3 is 0 Å². The van der Waals surface area contributed by atoms with Gasteiger partial charge in [0.05, 0.1) is 8.07 Å². The smallest absolute Gasteiger partial charge is 0.119 e. The SMILES string of the molecule is Cc1csc([Si](C)(C)CCc2cc(C(C)(C)C)c(O)cc2C(C)(C)C)c1. The van der Waals surface area contributed by atoms with Crippen LogP contribution in [-0.2, 0) is 17.3 Å². The number of phenols is 1. The molecule has 0 aliphatic carbocycles. The predicted molar refractivity (Wildman–Crippen MR) is 120 cm³/mol. The molecule has 0 amide bonds. The topological polar surface area (TPSA) is 20.2 Å². The van der Waals surface area contributed by atoms with Crippen LogP contribution in [0.1, 0.15) is 63.8 Å². The number of phenolic OH excluding ortho intramolecular Hbond substituents is 1. The zero-order valence-electron chi connectivity index (χ0n) is 18.1. The van der Waals surface area contributed by atoms with Gasteiger partial charge in [0.1, 0.15) is 5.75 Å². The molecule has 2 aromatic rings. The first kappa shape index (κ1) is 21.2. The molecule has 0 aliphatic rings. The van der Waals surface area contributed by atoms with Crippen molar-refractivity contribution in [2.75, 3.05) is 0 Å². The van der Waals surface area contributed by atoms with E-state index >= 15 is 0 Å². The monoisotopic (exact) mass is 388 g/mol. The first-order chi connectivity index (χ1) is 11.7. The normalized spacial score (nSPS) is 13.3. The number of benzene rings is 1. The van der Waals surface area contributed by atoms with Crippen LogP contribution in [-0.4, -0.2) is 13.2 Å². The molecule has 0 unspecified atom stereocenters. The first-order valence-corrected chi connectivity index (χ1v) is 13.7. The van der Waals surface area contributed by atoms with Gasteiger partial charge in [-0.2, -0.15) is 11.3 Å². The van der Waals surface area contributed by atoms with Gasteiger partial charge in [0.25, 0.3) is 0 Å². The summed E-state index contributed by atoms with van der Waals surface area (Å²) in [5, 5.41) is 12.9. The van der Waals surface area contributed by atoms with Crippen LogP contribution >= 0.6 is 11.3 Å². The van der Waals surface area contributed by atoms with Crippen molar-refractivity contribution in [3.8, 4) is 5.75 Å². The van der Waals surface area contributed by atoms with Gasteiger partial charge in [-0.15, -0.1) is 0 Å². The number of hydrogen-bond donors (Lipinski definition) is 1. The average Bonchev–Trinajstić information content (AvgIpc) is 2.91. The molecule has 1 nitrogen and oxygen atoms in total. The molecule has 0 bridgehead atoms. The van der Waals surface area contributed by atoms with Crippen molar-refractivity contribution < 1.29 is 5.11 Å². The second-order valence-corrected chi connectivity index (χ2v) is 16.5. The van der Waals surface area contributed by atoms with Crippen molar-refractivity contribution >= 4 is 23.9 Å².